The van der Waals surface area contributed by atoms with Crippen molar-refractivity contribution in [1.82, 2.24) is 4.90 Å². The van der Waals surface area contributed by atoms with Gasteiger partial charge in [0.2, 0.25) is 0 Å². The third-order valence-electron chi connectivity index (χ3n) is 4.33. The molecule has 0 saturated carbocycles. The lowest BCUT2D eigenvalue weighted by molar-refractivity contribution is -0.119. The maximum Gasteiger partial charge on any atom is 0.333 e. The Balaban J connectivity index is 1.69. The van der Waals surface area contributed by atoms with E-state index in [-0.39, 0.29) is 17.3 Å². The molecule has 2 aliphatic rings. The van der Waals surface area contributed by atoms with Gasteiger partial charge in [0.1, 0.15) is 11.4 Å². The number of hydrogen-bond donors (Lipinski definition) is 0. The van der Waals surface area contributed by atoms with Gasteiger partial charge in [-0.25, -0.2) is 9.69 Å². The second kappa shape index (κ2) is 5.83. The minimum Gasteiger partial charge on any atom is -0.295 e. The van der Waals surface area contributed by atoms with Gasteiger partial charge in [-0.15, -0.1) is 11.8 Å². The van der Waals surface area contributed by atoms with Crippen molar-refractivity contribution in [3.05, 3.63) is 64.7 Å². The highest BCUT2D eigenvalue weighted by Gasteiger charge is 2.53. The van der Waals surface area contributed by atoms with E-state index < -0.39 is 6.04 Å². The zero-order valence-electron chi connectivity index (χ0n) is 13.0. The van der Waals surface area contributed by atoms with Crippen LogP contribution in [0, 0.1) is 6.92 Å². The molecule has 122 valence electrons. The fraction of sp³-hybridized carbons (Fsp3) is 0.222. The van der Waals surface area contributed by atoms with Crippen molar-refractivity contribution < 1.29 is 9.59 Å². The molecule has 2 atom stereocenters. The van der Waals surface area contributed by atoms with Gasteiger partial charge in [-0.05, 0) is 42.3 Å². The number of fused-ring (bicyclic) bond motifs is 1. The van der Waals surface area contributed by atoms with E-state index in [2.05, 4.69) is 0 Å². The summed E-state index contributed by atoms with van der Waals surface area (Å²) in [5.74, 6) is 0.467. The summed E-state index contributed by atoms with van der Waals surface area (Å²) in [4.78, 5) is 28.7. The number of rotatable bonds is 2. The predicted molar refractivity (Wildman–Crippen MR) is 96.3 cm³/mol. The number of imide groups is 1. The van der Waals surface area contributed by atoms with Crippen LogP contribution in [0.3, 0.4) is 0 Å². The fourth-order valence-electron chi connectivity index (χ4n) is 3.18. The normalized spacial score (nSPS) is 23.1. The number of urea groups is 1. The van der Waals surface area contributed by atoms with Crippen molar-refractivity contribution >= 4 is 41.0 Å². The maximum atomic E-state index is 13.0. The summed E-state index contributed by atoms with van der Waals surface area (Å²) in [6.45, 7) is 1.95. The molecule has 4 rings (SSSR count). The van der Waals surface area contributed by atoms with Gasteiger partial charge in [-0.1, -0.05) is 35.9 Å². The summed E-state index contributed by atoms with van der Waals surface area (Å²) >= 11 is 7.57. The number of amides is 3. The molecule has 6 heteroatoms. The smallest absolute Gasteiger partial charge is 0.295 e. The van der Waals surface area contributed by atoms with Crippen LogP contribution in [0.5, 0.6) is 0 Å². The molecular weight excluding hydrogens is 344 g/mol. The molecule has 0 bridgehead atoms. The number of benzene rings is 2. The Bertz CT molecular complexity index is 824. The summed E-state index contributed by atoms with van der Waals surface area (Å²) in [7, 11) is 0. The van der Waals surface area contributed by atoms with Gasteiger partial charge < -0.3 is 0 Å². The first-order valence-electron chi connectivity index (χ1n) is 7.66. The van der Waals surface area contributed by atoms with E-state index in [4.69, 9.17) is 11.6 Å². The Hall–Kier alpha value is -1.98. The van der Waals surface area contributed by atoms with E-state index >= 15 is 0 Å². The van der Waals surface area contributed by atoms with Crippen LogP contribution in [-0.2, 0) is 4.79 Å². The zero-order valence-corrected chi connectivity index (χ0v) is 14.6. The summed E-state index contributed by atoms with van der Waals surface area (Å²) in [6, 6.07) is 14.3. The SMILES string of the molecule is Cc1cccc(N2C(=O)[C@@H]3CS[C@@H](c4ccc(Cl)cc4)N3C2=O)c1. The third kappa shape index (κ3) is 2.39. The van der Waals surface area contributed by atoms with Gasteiger partial charge in [0.15, 0.2) is 0 Å². The van der Waals surface area contributed by atoms with Crippen LogP contribution in [0.15, 0.2) is 48.5 Å². The average Bonchev–Trinajstić information content (AvgIpc) is 3.09. The predicted octanol–water partition coefficient (Wildman–Crippen LogP) is 4.23. The highest BCUT2D eigenvalue weighted by atomic mass is 35.5. The number of halogens is 1. The van der Waals surface area contributed by atoms with Gasteiger partial charge in [0, 0.05) is 10.8 Å². The number of nitrogens with zero attached hydrogens (tertiary/aromatic N) is 2. The number of aryl methyl sites for hydroxylation is 1. The number of carbonyl (C=O) groups excluding carboxylic acids is 2. The summed E-state index contributed by atoms with van der Waals surface area (Å²) in [5, 5.41) is 0.502. The van der Waals surface area contributed by atoms with Gasteiger partial charge in [0.05, 0.1) is 5.69 Å². The van der Waals surface area contributed by atoms with Crippen molar-refractivity contribution in [3.63, 3.8) is 0 Å². The molecule has 0 N–H and O–H groups in total. The number of carbonyl (C=O) groups is 2. The second-order valence-electron chi connectivity index (χ2n) is 5.96. The van der Waals surface area contributed by atoms with Crippen LogP contribution < -0.4 is 4.90 Å². The number of hydrogen-bond acceptors (Lipinski definition) is 3. The Morgan fingerprint density at radius 3 is 2.58 bits per heavy atom. The van der Waals surface area contributed by atoms with Crippen molar-refractivity contribution in [1.29, 1.82) is 0 Å². The monoisotopic (exact) mass is 358 g/mol. The van der Waals surface area contributed by atoms with Crippen LogP contribution in [-0.4, -0.2) is 28.6 Å². The molecule has 2 aromatic rings. The molecule has 2 aromatic carbocycles. The quantitative estimate of drug-likeness (QED) is 0.754. The highest BCUT2D eigenvalue weighted by molar-refractivity contribution is 7.99. The second-order valence-corrected chi connectivity index (χ2v) is 7.51. The average molecular weight is 359 g/mol. The molecular formula is C18H15ClN2O2S. The number of thioether (sulfide) groups is 1. The number of anilines is 1. The van der Waals surface area contributed by atoms with Gasteiger partial charge in [-0.3, -0.25) is 9.69 Å². The molecule has 0 aromatic heterocycles. The van der Waals surface area contributed by atoms with E-state index in [1.807, 2.05) is 49.4 Å². The zero-order chi connectivity index (χ0) is 16.8. The summed E-state index contributed by atoms with van der Waals surface area (Å²) in [5.41, 5.74) is 2.64. The topological polar surface area (TPSA) is 40.6 Å². The van der Waals surface area contributed by atoms with E-state index in [1.54, 1.807) is 22.7 Å². The molecule has 2 saturated heterocycles. The van der Waals surface area contributed by atoms with E-state index in [9.17, 15) is 9.59 Å². The first-order valence-corrected chi connectivity index (χ1v) is 9.09. The van der Waals surface area contributed by atoms with Crippen LogP contribution in [0.1, 0.15) is 16.5 Å². The van der Waals surface area contributed by atoms with Crippen LogP contribution in [0.4, 0.5) is 10.5 Å². The Morgan fingerprint density at radius 1 is 1.12 bits per heavy atom. The molecule has 2 heterocycles. The summed E-state index contributed by atoms with van der Waals surface area (Å²) in [6.07, 6.45) is 0. The maximum absolute atomic E-state index is 13.0. The Morgan fingerprint density at radius 2 is 1.88 bits per heavy atom. The van der Waals surface area contributed by atoms with E-state index in [0.29, 0.717) is 16.5 Å². The minimum atomic E-state index is -0.399. The van der Waals surface area contributed by atoms with Crippen LogP contribution in [0.25, 0.3) is 0 Å². The van der Waals surface area contributed by atoms with Gasteiger partial charge in [-0.2, -0.15) is 0 Å². The van der Waals surface area contributed by atoms with Crippen molar-refractivity contribution in [3.8, 4) is 0 Å². The molecule has 0 aliphatic carbocycles. The third-order valence-corrected chi connectivity index (χ3v) is 5.91. The molecule has 2 aliphatic heterocycles. The van der Waals surface area contributed by atoms with Gasteiger partial charge in [0.25, 0.3) is 5.91 Å². The van der Waals surface area contributed by atoms with Crippen molar-refractivity contribution in [2.75, 3.05) is 10.7 Å². The first kappa shape index (κ1) is 15.5. The molecule has 24 heavy (non-hydrogen) atoms. The van der Waals surface area contributed by atoms with Crippen molar-refractivity contribution in [2.45, 2.75) is 18.3 Å². The molecule has 0 radical (unpaired) electrons. The minimum absolute atomic E-state index is 0.144. The van der Waals surface area contributed by atoms with Crippen LogP contribution >= 0.6 is 23.4 Å². The largest absolute Gasteiger partial charge is 0.333 e. The Labute approximate surface area is 149 Å². The summed E-state index contributed by atoms with van der Waals surface area (Å²) < 4.78 is 0. The molecule has 2 fully saturated rings. The van der Waals surface area contributed by atoms with E-state index in [1.165, 1.54) is 4.90 Å². The highest BCUT2D eigenvalue weighted by Crippen LogP contribution is 2.46. The lowest BCUT2D eigenvalue weighted by atomic mass is 10.2. The lowest BCUT2D eigenvalue weighted by Gasteiger charge is -2.23. The van der Waals surface area contributed by atoms with Crippen molar-refractivity contribution in [2.24, 2.45) is 0 Å². The van der Waals surface area contributed by atoms with Crippen LogP contribution in [0.2, 0.25) is 5.02 Å². The fourth-order valence-corrected chi connectivity index (χ4v) is 4.72. The molecule has 3 amide bonds. The molecule has 0 unspecified atom stereocenters. The molecule has 4 nitrogen and oxygen atoms in total. The standard InChI is InChI=1S/C18H15ClN2O2S/c1-11-3-2-4-14(9-11)20-16(22)15-10-24-17(21(15)18(20)23)12-5-7-13(19)8-6-12/h2-9,15,17H,10H2,1H3/t15-,17-/m0/s1. The Kier molecular flexibility index (Phi) is 3.77. The lowest BCUT2D eigenvalue weighted by Crippen LogP contribution is -2.33. The first-order chi connectivity index (χ1) is 11.6. The van der Waals surface area contributed by atoms with E-state index in [0.717, 1.165) is 11.1 Å². The molecule has 0 spiro atoms. The van der Waals surface area contributed by atoms with Gasteiger partial charge >= 0.3 is 6.03 Å².